The van der Waals surface area contributed by atoms with Crippen LogP contribution in [0.15, 0.2) is 54.6 Å². The molecule has 19 heavy (non-hydrogen) atoms. The Morgan fingerprint density at radius 3 is 2.21 bits per heavy atom. The Hall–Kier alpha value is -1.80. The van der Waals surface area contributed by atoms with E-state index in [9.17, 15) is 0 Å². The van der Waals surface area contributed by atoms with E-state index in [-0.39, 0.29) is 6.04 Å². The molecule has 1 atom stereocenters. The first kappa shape index (κ1) is 13.6. The predicted octanol–water partition coefficient (Wildman–Crippen LogP) is 4.25. The third-order valence-electron chi connectivity index (χ3n) is 3.45. The summed E-state index contributed by atoms with van der Waals surface area (Å²) in [6.07, 6.45) is 0.948. The van der Waals surface area contributed by atoms with Crippen molar-refractivity contribution in [2.45, 2.75) is 26.3 Å². The van der Waals surface area contributed by atoms with Crippen LogP contribution in [0.5, 0.6) is 0 Å². The van der Waals surface area contributed by atoms with Crippen LogP contribution in [0.2, 0.25) is 0 Å². The number of anilines is 2. The average molecular weight is 254 g/mol. The van der Waals surface area contributed by atoms with E-state index in [0.717, 1.165) is 13.0 Å². The van der Waals surface area contributed by atoms with E-state index in [1.165, 1.54) is 16.9 Å². The number of para-hydroxylation sites is 2. The number of nitrogens with two attached hydrogens (primary N) is 1. The first-order chi connectivity index (χ1) is 9.27. The minimum Gasteiger partial charge on any atom is -0.341 e. The van der Waals surface area contributed by atoms with E-state index in [0.29, 0.717) is 0 Å². The summed E-state index contributed by atoms with van der Waals surface area (Å²) in [5, 5.41) is 0. The van der Waals surface area contributed by atoms with Crippen LogP contribution in [-0.2, 0) is 0 Å². The summed E-state index contributed by atoms with van der Waals surface area (Å²) in [7, 11) is 0. The lowest BCUT2D eigenvalue weighted by molar-refractivity contribution is 0.697. The second-order valence-corrected chi connectivity index (χ2v) is 4.65. The van der Waals surface area contributed by atoms with Gasteiger partial charge in [0.15, 0.2) is 0 Å². The smallest absolute Gasteiger partial charge is 0.0459 e. The van der Waals surface area contributed by atoms with Gasteiger partial charge in [-0.2, -0.15) is 0 Å². The normalized spacial score (nSPS) is 12.2. The van der Waals surface area contributed by atoms with Gasteiger partial charge < -0.3 is 10.6 Å². The molecule has 2 aromatic rings. The molecular formula is C17H22N2. The molecule has 0 saturated carbocycles. The number of rotatable bonds is 5. The van der Waals surface area contributed by atoms with Crippen molar-refractivity contribution < 1.29 is 0 Å². The molecule has 0 aliphatic heterocycles. The Kier molecular flexibility index (Phi) is 4.58. The van der Waals surface area contributed by atoms with Crippen molar-refractivity contribution in [1.82, 2.24) is 0 Å². The van der Waals surface area contributed by atoms with Gasteiger partial charge in [0.1, 0.15) is 0 Å². The number of hydrogen-bond donors (Lipinski definition) is 1. The molecule has 0 spiro atoms. The fourth-order valence-electron chi connectivity index (χ4n) is 2.37. The minimum atomic E-state index is 0.0916. The number of benzene rings is 2. The van der Waals surface area contributed by atoms with Crippen LogP contribution in [0, 0.1) is 0 Å². The van der Waals surface area contributed by atoms with Crippen LogP contribution in [0.1, 0.15) is 31.9 Å². The predicted molar refractivity (Wildman–Crippen MR) is 82.8 cm³/mol. The maximum atomic E-state index is 6.24. The van der Waals surface area contributed by atoms with Crippen LogP contribution < -0.4 is 10.6 Å². The van der Waals surface area contributed by atoms with Gasteiger partial charge in [-0.3, -0.25) is 0 Å². The highest BCUT2D eigenvalue weighted by Crippen LogP contribution is 2.31. The first-order valence-electron chi connectivity index (χ1n) is 6.95. The Labute approximate surface area is 115 Å². The van der Waals surface area contributed by atoms with Gasteiger partial charge in [0, 0.05) is 24.0 Å². The zero-order valence-electron chi connectivity index (χ0n) is 11.7. The molecule has 0 aliphatic rings. The Morgan fingerprint density at radius 1 is 0.947 bits per heavy atom. The van der Waals surface area contributed by atoms with Gasteiger partial charge >= 0.3 is 0 Å². The summed E-state index contributed by atoms with van der Waals surface area (Å²) >= 11 is 0. The summed E-state index contributed by atoms with van der Waals surface area (Å²) in [6, 6.07) is 19.0. The standard InChI is InChI=1S/C17H22N2/c1-3-16(18)15-12-8-9-13-17(15)19(4-2)14-10-6-5-7-11-14/h5-13,16H,3-4,18H2,1-2H3/t16-/m0/s1. The first-order valence-corrected chi connectivity index (χ1v) is 6.95. The van der Waals surface area contributed by atoms with Gasteiger partial charge in [-0.25, -0.2) is 0 Å². The second kappa shape index (κ2) is 6.39. The molecule has 0 heterocycles. The second-order valence-electron chi connectivity index (χ2n) is 4.65. The summed E-state index contributed by atoms with van der Waals surface area (Å²) < 4.78 is 0. The van der Waals surface area contributed by atoms with Crippen molar-refractivity contribution in [2.24, 2.45) is 5.73 Å². The Morgan fingerprint density at radius 2 is 1.58 bits per heavy atom. The highest BCUT2D eigenvalue weighted by atomic mass is 15.1. The van der Waals surface area contributed by atoms with Crippen LogP contribution in [0.3, 0.4) is 0 Å². The Balaban J connectivity index is 2.44. The summed E-state index contributed by atoms with van der Waals surface area (Å²) in [5.74, 6) is 0. The van der Waals surface area contributed by atoms with E-state index >= 15 is 0 Å². The molecule has 2 heteroatoms. The maximum absolute atomic E-state index is 6.24. The van der Waals surface area contributed by atoms with Crippen molar-refractivity contribution in [2.75, 3.05) is 11.4 Å². The largest absolute Gasteiger partial charge is 0.341 e. The van der Waals surface area contributed by atoms with Gasteiger partial charge in [-0.1, -0.05) is 43.3 Å². The van der Waals surface area contributed by atoms with E-state index in [1.807, 2.05) is 6.07 Å². The van der Waals surface area contributed by atoms with Crippen molar-refractivity contribution in [3.63, 3.8) is 0 Å². The fourth-order valence-corrected chi connectivity index (χ4v) is 2.37. The van der Waals surface area contributed by atoms with Gasteiger partial charge in [-0.05, 0) is 37.1 Å². The molecule has 0 saturated heterocycles. The minimum absolute atomic E-state index is 0.0916. The lowest BCUT2D eigenvalue weighted by Gasteiger charge is -2.27. The molecule has 2 rings (SSSR count). The highest BCUT2D eigenvalue weighted by molar-refractivity contribution is 5.66. The molecule has 2 nitrogen and oxygen atoms in total. The third-order valence-corrected chi connectivity index (χ3v) is 3.45. The van der Waals surface area contributed by atoms with Crippen LogP contribution in [0.4, 0.5) is 11.4 Å². The molecule has 0 fully saturated rings. The van der Waals surface area contributed by atoms with E-state index in [4.69, 9.17) is 5.73 Å². The van der Waals surface area contributed by atoms with Gasteiger partial charge in [0.05, 0.1) is 0 Å². The Bertz CT molecular complexity index is 508. The van der Waals surface area contributed by atoms with Crippen LogP contribution in [-0.4, -0.2) is 6.54 Å². The quantitative estimate of drug-likeness (QED) is 0.864. The van der Waals surface area contributed by atoms with Crippen LogP contribution in [0.25, 0.3) is 0 Å². The monoisotopic (exact) mass is 254 g/mol. The van der Waals surface area contributed by atoms with E-state index < -0.39 is 0 Å². The van der Waals surface area contributed by atoms with E-state index in [1.54, 1.807) is 0 Å². The zero-order valence-corrected chi connectivity index (χ0v) is 11.7. The lowest BCUT2D eigenvalue weighted by atomic mass is 10.0. The molecule has 0 radical (unpaired) electrons. The fraction of sp³-hybridized carbons (Fsp3) is 0.294. The summed E-state index contributed by atoms with van der Waals surface area (Å²) in [5.41, 5.74) is 9.88. The average Bonchev–Trinajstić information content (AvgIpc) is 2.49. The molecule has 0 bridgehead atoms. The van der Waals surface area contributed by atoms with Crippen molar-refractivity contribution in [3.05, 3.63) is 60.2 Å². The molecule has 2 N–H and O–H groups in total. The molecule has 0 unspecified atom stereocenters. The maximum Gasteiger partial charge on any atom is 0.0459 e. The van der Waals surface area contributed by atoms with Gasteiger partial charge in [-0.15, -0.1) is 0 Å². The number of nitrogens with zero attached hydrogens (tertiary/aromatic N) is 1. The highest BCUT2D eigenvalue weighted by Gasteiger charge is 2.14. The number of hydrogen-bond acceptors (Lipinski definition) is 2. The van der Waals surface area contributed by atoms with Crippen molar-refractivity contribution in [3.8, 4) is 0 Å². The molecule has 0 aromatic heterocycles. The van der Waals surface area contributed by atoms with Crippen molar-refractivity contribution in [1.29, 1.82) is 0 Å². The van der Waals surface area contributed by atoms with Crippen LogP contribution >= 0.6 is 0 Å². The molecule has 0 amide bonds. The lowest BCUT2D eigenvalue weighted by Crippen LogP contribution is -2.20. The molecule has 100 valence electrons. The summed E-state index contributed by atoms with van der Waals surface area (Å²) in [4.78, 5) is 2.31. The van der Waals surface area contributed by atoms with E-state index in [2.05, 4.69) is 67.3 Å². The molecule has 2 aromatic carbocycles. The molecular weight excluding hydrogens is 232 g/mol. The molecule has 0 aliphatic carbocycles. The zero-order chi connectivity index (χ0) is 13.7. The third kappa shape index (κ3) is 2.96. The van der Waals surface area contributed by atoms with Gasteiger partial charge in [0.2, 0.25) is 0 Å². The SMILES string of the molecule is CC[C@H](N)c1ccccc1N(CC)c1ccccc1. The van der Waals surface area contributed by atoms with Gasteiger partial charge in [0.25, 0.3) is 0 Å². The van der Waals surface area contributed by atoms with Crippen molar-refractivity contribution >= 4 is 11.4 Å². The summed E-state index contributed by atoms with van der Waals surface area (Å²) in [6.45, 7) is 5.22. The topological polar surface area (TPSA) is 29.3 Å².